The summed E-state index contributed by atoms with van der Waals surface area (Å²) in [6.45, 7) is -0.827. The van der Waals surface area contributed by atoms with Gasteiger partial charge in [0.15, 0.2) is 16.4 Å². The number of hydrogen-bond acceptors (Lipinski definition) is 7. The van der Waals surface area contributed by atoms with E-state index >= 15 is 0 Å². The van der Waals surface area contributed by atoms with E-state index in [4.69, 9.17) is 4.74 Å². The maximum absolute atomic E-state index is 11.9. The van der Waals surface area contributed by atoms with Gasteiger partial charge in [0.05, 0.1) is 16.4 Å². The van der Waals surface area contributed by atoms with Crippen molar-refractivity contribution in [2.45, 2.75) is 12.5 Å². The molecule has 1 aromatic heterocycles. The summed E-state index contributed by atoms with van der Waals surface area (Å²) >= 11 is 1.24. The van der Waals surface area contributed by atoms with Crippen LogP contribution in [0.3, 0.4) is 0 Å². The minimum Gasteiger partial charge on any atom is -0.454 e. The molecule has 0 saturated carbocycles. The summed E-state index contributed by atoms with van der Waals surface area (Å²) in [4.78, 5) is 36.9. The summed E-state index contributed by atoms with van der Waals surface area (Å²) in [7, 11) is -1.61. The maximum atomic E-state index is 11.9. The Labute approximate surface area is 143 Å². The second kappa shape index (κ2) is 7.75. The van der Waals surface area contributed by atoms with E-state index in [1.165, 1.54) is 23.3 Å². The van der Waals surface area contributed by atoms with Gasteiger partial charge in [0.2, 0.25) is 0 Å². The normalized spacial score (nSPS) is 18.8. The Hall–Kier alpha value is -1.94. The second-order valence-corrected chi connectivity index (χ2v) is 8.56. The van der Waals surface area contributed by atoms with Crippen LogP contribution < -0.4 is 5.32 Å². The Bertz CT molecular complexity index is 714. The highest BCUT2D eigenvalue weighted by atomic mass is 32.2. The molecule has 0 unspecified atom stereocenters. The first-order valence-electron chi connectivity index (χ1n) is 7.22. The van der Waals surface area contributed by atoms with Crippen LogP contribution in [0, 0.1) is 0 Å². The number of nitrogens with zero attached hydrogens (tertiary/aromatic N) is 1. The first-order chi connectivity index (χ1) is 11.3. The van der Waals surface area contributed by atoms with Crippen LogP contribution in [0.25, 0.3) is 0 Å². The monoisotopic (exact) mass is 374 g/mol. The van der Waals surface area contributed by atoms with Crippen LogP contribution in [0.5, 0.6) is 0 Å². The lowest BCUT2D eigenvalue weighted by Gasteiger charge is -2.23. The van der Waals surface area contributed by atoms with Gasteiger partial charge in [-0.3, -0.25) is 14.4 Å². The van der Waals surface area contributed by atoms with Crippen molar-refractivity contribution in [3.05, 3.63) is 22.4 Å². The Balaban J connectivity index is 1.71. The zero-order valence-electron chi connectivity index (χ0n) is 13.1. The molecule has 2 rings (SSSR count). The zero-order chi connectivity index (χ0) is 17.7. The largest absolute Gasteiger partial charge is 0.454 e. The average molecular weight is 374 g/mol. The van der Waals surface area contributed by atoms with Gasteiger partial charge in [0.1, 0.15) is 6.54 Å². The van der Waals surface area contributed by atoms with Crippen molar-refractivity contribution in [3.8, 4) is 0 Å². The molecule has 10 heteroatoms. The highest BCUT2D eigenvalue weighted by Gasteiger charge is 2.32. The van der Waals surface area contributed by atoms with E-state index < -0.39 is 28.3 Å². The van der Waals surface area contributed by atoms with Gasteiger partial charge >= 0.3 is 5.97 Å². The Morgan fingerprint density at radius 3 is 2.75 bits per heavy atom. The van der Waals surface area contributed by atoms with E-state index in [0.29, 0.717) is 11.3 Å². The molecule has 0 aromatic carbocycles. The number of esters is 1. The predicted molar refractivity (Wildman–Crippen MR) is 87.4 cm³/mol. The molecular weight excluding hydrogens is 356 g/mol. The number of hydrogen-bond donors (Lipinski definition) is 1. The number of carbonyl (C=O) groups excluding carboxylic acids is 3. The molecule has 24 heavy (non-hydrogen) atoms. The van der Waals surface area contributed by atoms with Gasteiger partial charge in [-0.15, -0.1) is 11.3 Å². The lowest BCUT2D eigenvalue weighted by atomic mass is 10.2. The van der Waals surface area contributed by atoms with Gasteiger partial charge < -0.3 is 15.0 Å². The fraction of sp³-hybridized carbons (Fsp3) is 0.500. The quantitative estimate of drug-likeness (QED) is 0.683. The summed E-state index contributed by atoms with van der Waals surface area (Å²) in [5.74, 6) is -1.61. The van der Waals surface area contributed by atoms with Crippen LogP contribution in [0.2, 0.25) is 0 Å². The molecule has 2 amide bonds. The Morgan fingerprint density at radius 1 is 1.42 bits per heavy atom. The summed E-state index contributed by atoms with van der Waals surface area (Å²) in [5.41, 5.74) is 0. The minimum absolute atomic E-state index is 0.0594. The molecule has 1 atom stereocenters. The van der Waals surface area contributed by atoms with Gasteiger partial charge in [-0.05, 0) is 17.9 Å². The molecule has 0 bridgehead atoms. The van der Waals surface area contributed by atoms with E-state index in [1.54, 1.807) is 17.5 Å². The number of amides is 2. The van der Waals surface area contributed by atoms with Crippen LogP contribution in [0.15, 0.2) is 17.5 Å². The van der Waals surface area contributed by atoms with E-state index in [2.05, 4.69) is 5.32 Å². The summed E-state index contributed by atoms with van der Waals surface area (Å²) < 4.78 is 27.6. The van der Waals surface area contributed by atoms with Gasteiger partial charge in [-0.2, -0.15) is 0 Å². The molecule has 1 N–H and O–H groups in total. The molecule has 1 aromatic rings. The second-order valence-electron chi connectivity index (χ2n) is 5.38. The lowest BCUT2D eigenvalue weighted by Crippen LogP contribution is -2.41. The highest BCUT2D eigenvalue weighted by molar-refractivity contribution is 7.91. The van der Waals surface area contributed by atoms with Crippen LogP contribution in [-0.2, 0) is 24.2 Å². The first-order valence-corrected chi connectivity index (χ1v) is 9.92. The van der Waals surface area contributed by atoms with Crippen molar-refractivity contribution >= 4 is 39.0 Å². The van der Waals surface area contributed by atoms with Crippen LogP contribution in [0.1, 0.15) is 16.1 Å². The van der Waals surface area contributed by atoms with Crippen molar-refractivity contribution in [3.63, 3.8) is 0 Å². The molecule has 2 heterocycles. The molecule has 0 aliphatic carbocycles. The Morgan fingerprint density at radius 2 is 2.17 bits per heavy atom. The summed E-state index contributed by atoms with van der Waals surface area (Å²) in [5, 5.41) is 4.14. The topological polar surface area (TPSA) is 110 Å². The number of thiophene rings is 1. The van der Waals surface area contributed by atoms with Crippen molar-refractivity contribution in [2.24, 2.45) is 0 Å². The van der Waals surface area contributed by atoms with Gasteiger partial charge in [0, 0.05) is 13.1 Å². The maximum Gasteiger partial charge on any atom is 0.325 e. The third-order valence-electron chi connectivity index (χ3n) is 3.64. The molecule has 132 valence electrons. The van der Waals surface area contributed by atoms with Gasteiger partial charge in [-0.25, -0.2) is 8.42 Å². The highest BCUT2D eigenvalue weighted by Crippen LogP contribution is 2.16. The first kappa shape index (κ1) is 18.4. The molecule has 0 radical (unpaired) electrons. The molecule has 1 saturated heterocycles. The van der Waals surface area contributed by atoms with Gasteiger partial charge in [-0.1, -0.05) is 6.07 Å². The fourth-order valence-electron chi connectivity index (χ4n) is 2.23. The molecule has 1 aliphatic rings. The number of rotatable bonds is 6. The number of sulfone groups is 1. The number of likely N-dealkylation sites (N-methyl/N-ethyl adjacent to an activating group) is 1. The van der Waals surface area contributed by atoms with Crippen LogP contribution in [0.4, 0.5) is 0 Å². The van der Waals surface area contributed by atoms with Gasteiger partial charge in [0.25, 0.3) is 11.8 Å². The van der Waals surface area contributed by atoms with E-state index in [9.17, 15) is 22.8 Å². The van der Waals surface area contributed by atoms with Crippen molar-refractivity contribution < 1.29 is 27.5 Å². The zero-order valence-corrected chi connectivity index (χ0v) is 14.7. The molecule has 8 nitrogen and oxygen atoms in total. The van der Waals surface area contributed by atoms with E-state index in [-0.39, 0.29) is 30.0 Å². The molecular formula is C14H18N2O6S2. The number of carbonyl (C=O) groups is 3. The summed E-state index contributed by atoms with van der Waals surface area (Å²) in [6, 6.07) is 2.95. The third-order valence-corrected chi connectivity index (χ3v) is 6.26. The standard InChI is InChI=1S/C14H18N2O6S2/c1-16(10-4-6-24(20,21)9-10)12(17)8-22-13(18)7-15-14(19)11-3-2-5-23-11/h2-3,5,10H,4,6-9H2,1H3,(H,15,19)/t10-/m0/s1. The minimum atomic E-state index is -3.09. The lowest BCUT2D eigenvalue weighted by molar-refractivity contribution is -0.151. The predicted octanol–water partition coefficient (Wildman–Crippen LogP) is -0.333. The van der Waals surface area contributed by atoms with E-state index in [0.717, 1.165) is 0 Å². The molecule has 0 spiro atoms. The molecule has 1 fully saturated rings. The van der Waals surface area contributed by atoms with Crippen molar-refractivity contribution in [1.82, 2.24) is 10.2 Å². The van der Waals surface area contributed by atoms with Crippen LogP contribution in [-0.4, -0.2) is 68.8 Å². The van der Waals surface area contributed by atoms with Crippen molar-refractivity contribution in [2.75, 3.05) is 31.7 Å². The smallest absolute Gasteiger partial charge is 0.325 e. The average Bonchev–Trinajstić information content (AvgIpc) is 3.18. The SMILES string of the molecule is CN(C(=O)COC(=O)CNC(=O)c1cccs1)[C@H]1CCS(=O)(=O)C1. The van der Waals surface area contributed by atoms with Crippen molar-refractivity contribution in [1.29, 1.82) is 0 Å². The van der Waals surface area contributed by atoms with E-state index in [1.807, 2.05) is 0 Å². The summed E-state index contributed by atoms with van der Waals surface area (Å²) in [6.07, 6.45) is 0.384. The third kappa shape index (κ3) is 5.03. The Kier molecular flexibility index (Phi) is 5.94. The fourth-order valence-corrected chi connectivity index (χ4v) is 4.64. The number of ether oxygens (including phenoxy) is 1. The van der Waals surface area contributed by atoms with Crippen LogP contribution >= 0.6 is 11.3 Å². The number of nitrogens with one attached hydrogen (secondary N) is 1. The molecule has 1 aliphatic heterocycles.